The standard InChI is InChI=1S/C18H17Cl2NO5/c19-17(20)18(24)21-13(8-22)16(23)11-3-1-10(2-4-11)12-5-6-14-15(7-12)26-9-25-14/h1-7,13,16-17,22-23H,8-9H2,(H,21,24). The quantitative estimate of drug-likeness (QED) is 0.651. The maximum absolute atomic E-state index is 11.6. The third-order valence-corrected chi connectivity index (χ3v) is 4.46. The van der Waals surface area contributed by atoms with Gasteiger partial charge < -0.3 is 25.0 Å². The van der Waals surface area contributed by atoms with Gasteiger partial charge in [0.2, 0.25) is 6.79 Å². The van der Waals surface area contributed by atoms with Crippen molar-refractivity contribution in [1.82, 2.24) is 5.32 Å². The number of hydrogen-bond donors (Lipinski definition) is 3. The number of aliphatic hydroxyl groups is 2. The summed E-state index contributed by atoms with van der Waals surface area (Å²) < 4.78 is 10.7. The van der Waals surface area contributed by atoms with Crippen molar-refractivity contribution in [3.05, 3.63) is 48.0 Å². The summed E-state index contributed by atoms with van der Waals surface area (Å²) in [7, 11) is 0. The Labute approximate surface area is 160 Å². The second kappa shape index (κ2) is 8.14. The van der Waals surface area contributed by atoms with Gasteiger partial charge in [0.15, 0.2) is 16.3 Å². The highest BCUT2D eigenvalue weighted by Crippen LogP contribution is 2.36. The van der Waals surface area contributed by atoms with Crippen LogP contribution >= 0.6 is 23.2 Å². The van der Waals surface area contributed by atoms with E-state index < -0.39 is 29.5 Å². The number of amides is 1. The van der Waals surface area contributed by atoms with Crippen LogP contribution in [0.2, 0.25) is 0 Å². The number of rotatable bonds is 6. The summed E-state index contributed by atoms with van der Waals surface area (Å²) in [5, 5.41) is 22.2. The first-order valence-corrected chi connectivity index (χ1v) is 8.74. The molecular formula is C18H17Cl2NO5. The summed E-state index contributed by atoms with van der Waals surface area (Å²) >= 11 is 11.0. The highest BCUT2D eigenvalue weighted by Gasteiger charge is 2.24. The fourth-order valence-electron chi connectivity index (χ4n) is 2.65. The van der Waals surface area contributed by atoms with E-state index in [0.29, 0.717) is 17.1 Å². The van der Waals surface area contributed by atoms with E-state index in [2.05, 4.69) is 5.32 Å². The second-order valence-electron chi connectivity index (χ2n) is 5.73. The molecule has 0 radical (unpaired) electrons. The van der Waals surface area contributed by atoms with E-state index >= 15 is 0 Å². The molecule has 3 rings (SSSR count). The highest BCUT2D eigenvalue weighted by molar-refractivity contribution is 6.53. The van der Waals surface area contributed by atoms with Gasteiger partial charge in [-0.1, -0.05) is 53.5 Å². The molecule has 1 aliphatic heterocycles. The van der Waals surface area contributed by atoms with Crippen LogP contribution in [-0.2, 0) is 4.79 Å². The lowest BCUT2D eigenvalue weighted by atomic mass is 9.98. The van der Waals surface area contributed by atoms with Crippen LogP contribution in [0.5, 0.6) is 11.5 Å². The first-order valence-electron chi connectivity index (χ1n) is 7.87. The van der Waals surface area contributed by atoms with Crippen molar-refractivity contribution in [3.63, 3.8) is 0 Å². The summed E-state index contributed by atoms with van der Waals surface area (Å²) in [4.78, 5) is 10.3. The van der Waals surface area contributed by atoms with Crippen molar-refractivity contribution in [1.29, 1.82) is 0 Å². The minimum absolute atomic E-state index is 0.212. The summed E-state index contributed by atoms with van der Waals surface area (Å²) in [5.41, 5.74) is 2.40. The number of alkyl halides is 2. The molecule has 0 fully saturated rings. The SMILES string of the molecule is O=C(NC(CO)C(O)c1ccc(-c2ccc3c(c2)OCO3)cc1)C(Cl)Cl. The molecule has 0 saturated heterocycles. The molecule has 3 N–H and O–H groups in total. The Morgan fingerprint density at radius 1 is 1.08 bits per heavy atom. The number of aliphatic hydroxyl groups excluding tert-OH is 2. The molecule has 0 saturated carbocycles. The van der Waals surface area contributed by atoms with Crippen LogP contribution in [0.25, 0.3) is 11.1 Å². The smallest absolute Gasteiger partial charge is 0.253 e. The van der Waals surface area contributed by atoms with Crippen LogP contribution in [0.1, 0.15) is 11.7 Å². The van der Waals surface area contributed by atoms with E-state index in [1.54, 1.807) is 12.1 Å². The molecule has 1 heterocycles. The van der Waals surface area contributed by atoms with Crippen molar-refractivity contribution in [2.75, 3.05) is 13.4 Å². The fourth-order valence-corrected chi connectivity index (χ4v) is 2.78. The van der Waals surface area contributed by atoms with Gasteiger partial charge in [-0.2, -0.15) is 0 Å². The van der Waals surface area contributed by atoms with Gasteiger partial charge in [-0.05, 0) is 28.8 Å². The largest absolute Gasteiger partial charge is 0.454 e. The normalized spacial score (nSPS) is 15.0. The van der Waals surface area contributed by atoms with Gasteiger partial charge in [0.25, 0.3) is 5.91 Å². The highest BCUT2D eigenvalue weighted by atomic mass is 35.5. The first-order chi connectivity index (χ1) is 12.5. The lowest BCUT2D eigenvalue weighted by Gasteiger charge is -2.23. The van der Waals surface area contributed by atoms with Gasteiger partial charge in [0.05, 0.1) is 12.6 Å². The molecule has 26 heavy (non-hydrogen) atoms. The number of benzene rings is 2. The van der Waals surface area contributed by atoms with Gasteiger partial charge in [0.1, 0.15) is 6.10 Å². The molecule has 1 aliphatic rings. The number of carbonyl (C=O) groups excluding carboxylic acids is 1. The number of hydrogen-bond acceptors (Lipinski definition) is 5. The molecule has 2 aromatic carbocycles. The van der Waals surface area contributed by atoms with Gasteiger partial charge >= 0.3 is 0 Å². The number of carbonyl (C=O) groups is 1. The van der Waals surface area contributed by atoms with Crippen molar-refractivity contribution < 1.29 is 24.5 Å². The monoisotopic (exact) mass is 397 g/mol. The summed E-state index contributed by atoms with van der Waals surface area (Å²) in [6.45, 7) is -0.249. The van der Waals surface area contributed by atoms with Gasteiger partial charge in [-0.25, -0.2) is 0 Å². The minimum Gasteiger partial charge on any atom is -0.454 e. The molecule has 6 nitrogen and oxygen atoms in total. The Morgan fingerprint density at radius 2 is 1.73 bits per heavy atom. The van der Waals surface area contributed by atoms with Gasteiger partial charge in [-0.15, -0.1) is 0 Å². The molecule has 0 aliphatic carbocycles. The van der Waals surface area contributed by atoms with E-state index in [1.807, 2.05) is 30.3 Å². The minimum atomic E-state index is -1.27. The maximum atomic E-state index is 11.6. The van der Waals surface area contributed by atoms with Crippen LogP contribution in [0.3, 0.4) is 0 Å². The fraction of sp³-hybridized carbons (Fsp3) is 0.278. The zero-order chi connectivity index (χ0) is 18.7. The first kappa shape index (κ1) is 18.8. The van der Waals surface area contributed by atoms with Crippen molar-refractivity contribution in [2.24, 2.45) is 0 Å². The van der Waals surface area contributed by atoms with E-state index in [9.17, 15) is 15.0 Å². The third-order valence-electron chi connectivity index (χ3n) is 4.06. The molecule has 1 amide bonds. The Hall–Kier alpha value is -1.99. The molecule has 0 aromatic heterocycles. The maximum Gasteiger partial charge on any atom is 0.253 e. The van der Waals surface area contributed by atoms with E-state index in [4.69, 9.17) is 32.7 Å². The molecule has 2 aromatic rings. The van der Waals surface area contributed by atoms with Crippen LogP contribution in [0, 0.1) is 0 Å². The topological polar surface area (TPSA) is 88.0 Å². The molecule has 2 unspecified atom stereocenters. The number of halogens is 2. The molecule has 138 valence electrons. The summed E-state index contributed by atoms with van der Waals surface area (Å²) in [5.74, 6) is 0.717. The van der Waals surface area contributed by atoms with Crippen molar-refractivity contribution >= 4 is 29.1 Å². The molecule has 8 heteroatoms. The molecular weight excluding hydrogens is 381 g/mol. The van der Waals surface area contributed by atoms with E-state index in [0.717, 1.165) is 11.1 Å². The van der Waals surface area contributed by atoms with Gasteiger partial charge in [-0.3, -0.25) is 4.79 Å². The van der Waals surface area contributed by atoms with Crippen LogP contribution in [0.4, 0.5) is 0 Å². The Bertz CT molecular complexity index is 782. The lowest BCUT2D eigenvalue weighted by Crippen LogP contribution is -2.44. The van der Waals surface area contributed by atoms with Crippen molar-refractivity contribution in [2.45, 2.75) is 17.0 Å². The van der Waals surface area contributed by atoms with E-state index in [1.165, 1.54) is 0 Å². The summed E-state index contributed by atoms with van der Waals surface area (Å²) in [6.07, 6.45) is -1.11. The van der Waals surface area contributed by atoms with Crippen LogP contribution in [0.15, 0.2) is 42.5 Å². The van der Waals surface area contributed by atoms with Crippen LogP contribution < -0.4 is 14.8 Å². The average molecular weight is 398 g/mol. The summed E-state index contributed by atoms with van der Waals surface area (Å²) in [6, 6.07) is 11.8. The second-order valence-corrected chi connectivity index (χ2v) is 6.83. The zero-order valence-corrected chi connectivity index (χ0v) is 15.1. The lowest BCUT2D eigenvalue weighted by molar-refractivity contribution is -0.121. The predicted molar refractivity (Wildman–Crippen MR) is 97.5 cm³/mol. The molecule has 2 atom stereocenters. The Kier molecular flexibility index (Phi) is 5.88. The predicted octanol–water partition coefficient (Wildman–Crippen LogP) is 2.40. The van der Waals surface area contributed by atoms with Gasteiger partial charge in [0, 0.05) is 0 Å². The zero-order valence-electron chi connectivity index (χ0n) is 13.6. The number of fused-ring (bicyclic) bond motifs is 1. The third kappa shape index (κ3) is 4.04. The number of ether oxygens (including phenoxy) is 2. The van der Waals surface area contributed by atoms with E-state index in [-0.39, 0.29) is 6.79 Å². The molecule has 0 spiro atoms. The average Bonchev–Trinajstić information content (AvgIpc) is 3.13. The Morgan fingerprint density at radius 3 is 2.38 bits per heavy atom. The van der Waals surface area contributed by atoms with Crippen LogP contribution in [-0.4, -0.2) is 40.4 Å². The van der Waals surface area contributed by atoms with Crippen molar-refractivity contribution in [3.8, 4) is 22.6 Å². The number of nitrogens with one attached hydrogen (secondary N) is 1. The molecule has 0 bridgehead atoms. The Balaban J connectivity index is 1.75.